The van der Waals surface area contributed by atoms with Crippen molar-refractivity contribution in [1.29, 1.82) is 0 Å². The van der Waals surface area contributed by atoms with Gasteiger partial charge in [-0.3, -0.25) is 0 Å². The molecule has 1 heteroatoms. The molecule has 0 radical (unpaired) electrons. The molecule has 1 fully saturated rings. The molecule has 1 saturated heterocycles. The quantitative estimate of drug-likeness (QED) is 0.546. The predicted octanol–water partition coefficient (Wildman–Crippen LogP) is 2.46. The van der Waals surface area contributed by atoms with Crippen LogP contribution in [0, 0.1) is 11.8 Å². The van der Waals surface area contributed by atoms with E-state index < -0.39 is 0 Å². The van der Waals surface area contributed by atoms with Crippen LogP contribution >= 0.6 is 0 Å². The van der Waals surface area contributed by atoms with Crippen LogP contribution in [0.1, 0.15) is 33.6 Å². The van der Waals surface area contributed by atoms with Gasteiger partial charge in [0.25, 0.3) is 0 Å². The summed E-state index contributed by atoms with van der Waals surface area (Å²) in [7, 11) is 0. The molecule has 0 spiro atoms. The van der Waals surface area contributed by atoms with Crippen LogP contribution in [0.3, 0.4) is 0 Å². The Labute approximate surface area is 63.8 Å². The molecule has 1 rings (SSSR count). The summed E-state index contributed by atoms with van der Waals surface area (Å²) in [4.78, 5) is 0. The average Bonchev–Trinajstić information content (AvgIpc) is 1.95. The first-order valence-electron chi connectivity index (χ1n) is 4.35. The van der Waals surface area contributed by atoms with Gasteiger partial charge in [0.1, 0.15) is 0 Å². The van der Waals surface area contributed by atoms with Crippen molar-refractivity contribution < 1.29 is 4.74 Å². The van der Waals surface area contributed by atoms with Gasteiger partial charge in [-0.05, 0) is 24.7 Å². The van der Waals surface area contributed by atoms with Gasteiger partial charge in [-0.25, -0.2) is 0 Å². The third-order valence-corrected chi connectivity index (χ3v) is 2.66. The Hall–Kier alpha value is -0.0400. The molecule has 0 amide bonds. The van der Waals surface area contributed by atoms with Crippen molar-refractivity contribution in [1.82, 2.24) is 0 Å². The molecule has 1 nitrogen and oxygen atoms in total. The topological polar surface area (TPSA) is 9.23 Å². The van der Waals surface area contributed by atoms with Crippen LogP contribution in [0.15, 0.2) is 0 Å². The van der Waals surface area contributed by atoms with E-state index in [1.807, 2.05) is 0 Å². The van der Waals surface area contributed by atoms with Gasteiger partial charge in [-0.1, -0.05) is 20.8 Å². The molecule has 1 aliphatic heterocycles. The molecular weight excluding hydrogens is 124 g/mol. The van der Waals surface area contributed by atoms with Crippen molar-refractivity contribution in [3.63, 3.8) is 0 Å². The highest BCUT2D eigenvalue weighted by atomic mass is 16.5. The maximum atomic E-state index is 5.61. The first-order chi connectivity index (χ1) is 4.74. The summed E-state index contributed by atoms with van der Waals surface area (Å²) in [6.07, 6.45) is 2.99. The minimum atomic E-state index is 0.547. The third kappa shape index (κ3) is 1.72. The first kappa shape index (κ1) is 8.06. The SMILES string of the molecule is CCC1C[C@H](C)C(C)CO1. The van der Waals surface area contributed by atoms with E-state index in [2.05, 4.69) is 20.8 Å². The van der Waals surface area contributed by atoms with Crippen molar-refractivity contribution in [3.8, 4) is 0 Å². The van der Waals surface area contributed by atoms with Crippen molar-refractivity contribution >= 4 is 0 Å². The van der Waals surface area contributed by atoms with Gasteiger partial charge in [0.15, 0.2) is 0 Å². The first-order valence-corrected chi connectivity index (χ1v) is 4.35. The molecular formula is C9H18O. The molecule has 1 aliphatic rings. The van der Waals surface area contributed by atoms with Crippen molar-refractivity contribution in [2.24, 2.45) is 11.8 Å². The van der Waals surface area contributed by atoms with E-state index in [0.717, 1.165) is 18.4 Å². The fourth-order valence-corrected chi connectivity index (χ4v) is 1.45. The Morgan fingerprint density at radius 1 is 1.30 bits per heavy atom. The lowest BCUT2D eigenvalue weighted by Crippen LogP contribution is -2.30. The Kier molecular flexibility index (Phi) is 2.72. The van der Waals surface area contributed by atoms with Gasteiger partial charge >= 0.3 is 0 Å². The zero-order valence-corrected chi connectivity index (χ0v) is 7.26. The van der Waals surface area contributed by atoms with E-state index >= 15 is 0 Å². The van der Waals surface area contributed by atoms with E-state index in [0.29, 0.717) is 6.10 Å². The Morgan fingerprint density at radius 3 is 2.50 bits per heavy atom. The molecule has 0 saturated carbocycles. The van der Waals surface area contributed by atoms with Gasteiger partial charge in [-0.15, -0.1) is 0 Å². The lowest BCUT2D eigenvalue weighted by molar-refractivity contribution is -0.0377. The standard InChI is InChI=1S/C9H18O/c1-4-9-5-7(2)8(3)6-10-9/h7-9H,4-6H2,1-3H3/t7-,8?,9?/m0/s1. The third-order valence-electron chi connectivity index (χ3n) is 2.66. The van der Waals surface area contributed by atoms with Crippen molar-refractivity contribution in [2.75, 3.05) is 6.61 Å². The minimum absolute atomic E-state index is 0.547. The van der Waals surface area contributed by atoms with Crippen LogP contribution in [-0.4, -0.2) is 12.7 Å². The Bertz CT molecular complexity index is 101. The monoisotopic (exact) mass is 142 g/mol. The smallest absolute Gasteiger partial charge is 0.0575 e. The molecule has 3 atom stereocenters. The molecule has 10 heavy (non-hydrogen) atoms. The van der Waals surface area contributed by atoms with Crippen LogP contribution in [-0.2, 0) is 4.74 Å². The number of rotatable bonds is 1. The molecule has 60 valence electrons. The van der Waals surface area contributed by atoms with E-state index in [1.54, 1.807) is 0 Å². The lowest BCUT2D eigenvalue weighted by Gasteiger charge is -2.31. The average molecular weight is 142 g/mol. The summed E-state index contributed by atoms with van der Waals surface area (Å²) in [5, 5.41) is 0. The van der Waals surface area contributed by atoms with Crippen LogP contribution in [0.5, 0.6) is 0 Å². The normalized spacial score (nSPS) is 41.7. The fraction of sp³-hybridized carbons (Fsp3) is 1.00. The number of hydrogen-bond donors (Lipinski definition) is 0. The minimum Gasteiger partial charge on any atom is -0.378 e. The molecule has 0 aromatic heterocycles. The second-order valence-corrected chi connectivity index (χ2v) is 3.55. The molecule has 0 bridgehead atoms. The highest BCUT2D eigenvalue weighted by Crippen LogP contribution is 2.25. The van der Waals surface area contributed by atoms with Gasteiger partial charge in [0.2, 0.25) is 0 Å². The largest absolute Gasteiger partial charge is 0.378 e. The van der Waals surface area contributed by atoms with E-state index in [-0.39, 0.29) is 0 Å². The van der Waals surface area contributed by atoms with E-state index in [1.165, 1.54) is 12.8 Å². The summed E-state index contributed by atoms with van der Waals surface area (Å²) in [5.41, 5.74) is 0. The second kappa shape index (κ2) is 3.38. The van der Waals surface area contributed by atoms with Crippen LogP contribution in [0.25, 0.3) is 0 Å². The maximum absolute atomic E-state index is 5.61. The van der Waals surface area contributed by atoms with Gasteiger partial charge < -0.3 is 4.74 Å². The summed E-state index contributed by atoms with van der Waals surface area (Å²) in [6, 6.07) is 0. The summed E-state index contributed by atoms with van der Waals surface area (Å²) in [6.45, 7) is 7.78. The van der Waals surface area contributed by atoms with E-state index in [9.17, 15) is 0 Å². The zero-order valence-electron chi connectivity index (χ0n) is 7.26. The van der Waals surface area contributed by atoms with Crippen molar-refractivity contribution in [3.05, 3.63) is 0 Å². The molecule has 0 aromatic carbocycles. The Balaban J connectivity index is 2.33. The fourth-order valence-electron chi connectivity index (χ4n) is 1.45. The number of hydrogen-bond acceptors (Lipinski definition) is 1. The molecule has 0 N–H and O–H groups in total. The van der Waals surface area contributed by atoms with E-state index in [4.69, 9.17) is 4.74 Å². The number of ether oxygens (including phenoxy) is 1. The highest BCUT2D eigenvalue weighted by molar-refractivity contribution is 4.72. The molecule has 0 aliphatic carbocycles. The van der Waals surface area contributed by atoms with Crippen LogP contribution < -0.4 is 0 Å². The van der Waals surface area contributed by atoms with Gasteiger partial charge in [0.05, 0.1) is 6.10 Å². The highest BCUT2D eigenvalue weighted by Gasteiger charge is 2.23. The Morgan fingerprint density at radius 2 is 2.00 bits per heavy atom. The zero-order chi connectivity index (χ0) is 7.56. The summed E-state index contributed by atoms with van der Waals surface area (Å²) >= 11 is 0. The molecule has 0 aromatic rings. The van der Waals surface area contributed by atoms with Crippen molar-refractivity contribution in [2.45, 2.75) is 39.7 Å². The predicted molar refractivity (Wildman–Crippen MR) is 43.0 cm³/mol. The van der Waals surface area contributed by atoms with Crippen LogP contribution in [0.2, 0.25) is 0 Å². The second-order valence-electron chi connectivity index (χ2n) is 3.55. The van der Waals surface area contributed by atoms with Crippen LogP contribution in [0.4, 0.5) is 0 Å². The van der Waals surface area contributed by atoms with Gasteiger partial charge in [0, 0.05) is 6.61 Å². The maximum Gasteiger partial charge on any atom is 0.0575 e. The summed E-state index contributed by atoms with van der Waals surface area (Å²) < 4.78 is 5.61. The van der Waals surface area contributed by atoms with Gasteiger partial charge in [-0.2, -0.15) is 0 Å². The molecule has 1 heterocycles. The lowest BCUT2D eigenvalue weighted by atomic mass is 9.88. The molecule has 2 unspecified atom stereocenters. The summed E-state index contributed by atoms with van der Waals surface area (Å²) in [5.74, 6) is 1.63.